The number of nitrogens with two attached hydrogens (primary N) is 1. The molecular weight excluding hydrogens is 311 g/mol. The Hall–Kier alpha value is -0.530. The van der Waals surface area contributed by atoms with Gasteiger partial charge in [0.1, 0.15) is 4.90 Å². The SMILES string of the molecule is NCC(=O)NS(=O)(=O)c1cc(Cl)c(Cl)cc1Cl. The first kappa shape index (κ1) is 14.5. The second-order valence-corrected chi connectivity index (χ2v) is 5.80. The molecule has 0 radical (unpaired) electrons. The van der Waals surface area contributed by atoms with Crippen LogP contribution in [0.5, 0.6) is 0 Å². The maximum absolute atomic E-state index is 11.7. The summed E-state index contributed by atoms with van der Waals surface area (Å²) < 4.78 is 25.2. The van der Waals surface area contributed by atoms with E-state index in [0.717, 1.165) is 6.07 Å². The van der Waals surface area contributed by atoms with Crippen LogP contribution >= 0.6 is 34.8 Å². The predicted octanol–water partition coefficient (Wildman–Crippen LogP) is 1.41. The lowest BCUT2D eigenvalue weighted by atomic mass is 10.4. The van der Waals surface area contributed by atoms with Gasteiger partial charge in [-0.3, -0.25) is 4.79 Å². The monoisotopic (exact) mass is 316 g/mol. The zero-order valence-corrected chi connectivity index (χ0v) is 11.3. The fraction of sp³-hybridized carbons (Fsp3) is 0.125. The largest absolute Gasteiger partial charge is 0.322 e. The summed E-state index contributed by atoms with van der Waals surface area (Å²) in [5.41, 5.74) is 4.99. The molecule has 0 aromatic heterocycles. The molecule has 1 aromatic rings. The van der Waals surface area contributed by atoms with Crippen LogP contribution in [0.15, 0.2) is 17.0 Å². The molecule has 0 saturated carbocycles. The number of nitrogens with one attached hydrogen (secondary N) is 1. The van der Waals surface area contributed by atoms with E-state index in [1.54, 1.807) is 4.72 Å². The summed E-state index contributed by atoms with van der Waals surface area (Å²) in [4.78, 5) is 10.6. The molecule has 3 N–H and O–H groups in total. The van der Waals surface area contributed by atoms with E-state index < -0.39 is 22.5 Å². The fourth-order valence-corrected chi connectivity index (χ4v) is 2.95. The normalized spacial score (nSPS) is 11.3. The lowest BCUT2D eigenvalue weighted by Crippen LogP contribution is -2.35. The summed E-state index contributed by atoms with van der Waals surface area (Å²) in [6, 6.07) is 2.23. The van der Waals surface area contributed by atoms with Crippen molar-refractivity contribution in [3.63, 3.8) is 0 Å². The first-order valence-electron chi connectivity index (χ1n) is 4.18. The number of hydrogen-bond acceptors (Lipinski definition) is 4. The van der Waals surface area contributed by atoms with Crippen molar-refractivity contribution in [2.45, 2.75) is 4.90 Å². The molecule has 17 heavy (non-hydrogen) atoms. The molecule has 0 atom stereocenters. The van der Waals surface area contributed by atoms with E-state index in [9.17, 15) is 13.2 Å². The topological polar surface area (TPSA) is 89.3 Å². The van der Waals surface area contributed by atoms with Gasteiger partial charge in [0.05, 0.1) is 21.6 Å². The standard InChI is InChI=1S/C8H7Cl3N2O3S/c9-4-1-6(11)7(2-5(4)10)17(15,16)13-8(14)3-12/h1-2H,3,12H2,(H,13,14). The third-order valence-corrected chi connectivity index (χ3v) is 4.26. The van der Waals surface area contributed by atoms with Crippen LogP contribution in [0.25, 0.3) is 0 Å². The molecule has 94 valence electrons. The summed E-state index contributed by atoms with van der Waals surface area (Å²) in [5, 5.41) is -0.0193. The number of rotatable bonds is 3. The molecule has 0 heterocycles. The third-order valence-electron chi connectivity index (χ3n) is 1.70. The lowest BCUT2D eigenvalue weighted by molar-refractivity contribution is -0.118. The summed E-state index contributed by atoms with van der Waals surface area (Å²) in [5.74, 6) is -0.855. The van der Waals surface area contributed by atoms with Gasteiger partial charge in [-0.25, -0.2) is 13.1 Å². The molecule has 1 aromatic carbocycles. The number of hydrogen-bond donors (Lipinski definition) is 2. The summed E-state index contributed by atoms with van der Waals surface area (Å²) in [6.07, 6.45) is 0. The Balaban J connectivity index is 3.25. The van der Waals surface area contributed by atoms with Crippen LogP contribution in [0.2, 0.25) is 15.1 Å². The zero-order chi connectivity index (χ0) is 13.2. The Bertz CT molecular complexity index is 559. The number of halogens is 3. The Morgan fingerprint density at radius 2 is 1.71 bits per heavy atom. The van der Waals surface area contributed by atoms with Gasteiger partial charge in [-0.05, 0) is 12.1 Å². The van der Waals surface area contributed by atoms with Crippen LogP contribution in [0.4, 0.5) is 0 Å². The minimum absolute atomic E-state index is 0.0108. The minimum atomic E-state index is -4.10. The van der Waals surface area contributed by atoms with Crippen molar-refractivity contribution in [1.82, 2.24) is 4.72 Å². The molecule has 1 amide bonds. The second kappa shape index (κ2) is 5.41. The van der Waals surface area contributed by atoms with E-state index in [-0.39, 0.29) is 20.0 Å². The highest BCUT2D eigenvalue weighted by molar-refractivity contribution is 7.90. The van der Waals surface area contributed by atoms with Gasteiger partial charge in [-0.15, -0.1) is 0 Å². The van der Waals surface area contributed by atoms with Crippen LogP contribution in [-0.4, -0.2) is 20.9 Å². The second-order valence-electron chi connectivity index (χ2n) is 2.93. The van der Waals surface area contributed by atoms with Crippen LogP contribution in [-0.2, 0) is 14.8 Å². The molecule has 0 bridgehead atoms. The molecule has 5 nitrogen and oxygen atoms in total. The van der Waals surface area contributed by atoms with E-state index in [1.165, 1.54) is 6.07 Å². The average molecular weight is 318 g/mol. The van der Waals surface area contributed by atoms with Gasteiger partial charge in [-0.2, -0.15) is 0 Å². The number of benzene rings is 1. The van der Waals surface area contributed by atoms with Gasteiger partial charge in [-0.1, -0.05) is 34.8 Å². The summed E-state index contributed by atoms with van der Waals surface area (Å²) >= 11 is 17.0. The van der Waals surface area contributed by atoms with Crippen LogP contribution in [0, 0.1) is 0 Å². The van der Waals surface area contributed by atoms with Crippen molar-refractivity contribution in [2.24, 2.45) is 5.73 Å². The predicted molar refractivity (Wildman–Crippen MR) is 65.9 cm³/mol. The Kier molecular flexibility index (Phi) is 4.62. The van der Waals surface area contributed by atoms with Gasteiger partial charge in [0.15, 0.2) is 0 Å². The van der Waals surface area contributed by atoms with E-state index in [0.29, 0.717) is 0 Å². The average Bonchev–Trinajstić information content (AvgIpc) is 2.22. The van der Waals surface area contributed by atoms with Crippen molar-refractivity contribution in [3.8, 4) is 0 Å². The van der Waals surface area contributed by atoms with Crippen molar-refractivity contribution in [3.05, 3.63) is 27.2 Å². The van der Waals surface area contributed by atoms with Crippen LogP contribution in [0.3, 0.4) is 0 Å². The van der Waals surface area contributed by atoms with Gasteiger partial charge in [0.2, 0.25) is 5.91 Å². The Morgan fingerprint density at radius 3 is 2.24 bits per heavy atom. The number of carbonyl (C=O) groups is 1. The summed E-state index contributed by atoms with van der Waals surface area (Å²) in [6.45, 7) is -0.460. The maximum atomic E-state index is 11.7. The molecule has 0 unspecified atom stereocenters. The highest BCUT2D eigenvalue weighted by Gasteiger charge is 2.21. The molecule has 0 aliphatic rings. The third kappa shape index (κ3) is 3.46. The van der Waals surface area contributed by atoms with E-state index in [2.05, 4.69) is 0 Å². The lowest BCUT2D eigenvalue weighted by Gasteiger charge is -2.08. The molecule has 0 spiro atoms. The first-order chi connectivity index (χ1) is 7.77. The fourth-order valence-electron chi connectivity index (χ4n) is 0.957. The van der Waals surface area contributed by atoms with Crippen molar-refractivity contribution >= 4 is 50.7 Å². The highest BCUT2D eigenvalue weighted by Crippen LogP contribution is 2.31. The van der Waals surface area contributed by atoms with E-state index in [4.69, 9.17) is 40.5 Å². The molecular formula is C8H7Cl3N2O3S. The van der Waals surface area contributed by atoms with Gasteiger partial charge in [0.25, 0.3) is 10.0 Å². The van der Waals surface area contributed by atoms with Gasteiger partial charge >= 0.3 is 0 Å². The molecule has 0 fully saturated rings. The highest BCUT2D eigenvalue weighted by atomic mass is 35.5. The molecule has 9 heteroatoms. The van der Waals surface area contributed by atoms with Crippen LogP contribution in [0.1, 0.15) is 0 Å². The Morgan fingerprint density at radius 1 is 1.18 bits per heavy atom. The van der Waals surface area contributed by atoms with Crippen molar-refractivity contribution < 1.29 is 13.2 Å². The molecule has 1 rings (SSSR count). The number of sulfonamides is 1. The van der Waals surface area contributed by atoms with Crippen molar-refractivity contribution in [2.75, 3.05) is 6.54 Å². The van der Waals surface area contributed by atoms with Gasteiger partial charge < -0.3 is 5.73 Å². The smallest absolute Gasteiger partial charge is 0.265 e. The molecule has 0 saturated heterocycles. The van der Waals surface area contributed by atoms with Gasteiger partial charge in [0, 0.05) is 0 Å². The molecule has 0 aliphatic heterocycles. The quantitative estimate of drug-likeness (QED) is 0.825. The molecule has 0 aliphatic carbocycles. The van der Waals surface area contributed by atoms with E-state index in [1.807, 2.05) is 0 Å². The van der Waals surface area contributed by atoms with E-state index >= 15 is 0 Å². The van der Waals surface area contributed by atoms with Crippen LogP contribution < -0.4 is 10.5 Å². The number of amides is 1. The minimum Gasteiger partial charge on any atom is -0.322 e. The number of carbonyl (C=O) groups excluding carboxylic acids is 1. The Labute approximate surface area is 113 Å². The first-order valence-corrected chi connectivity index (χ1v) is 6.80. The van der Waals surface area contributed by atoms with Crippen molar-refractivity contribution in [1.29, 1.82) is 0 Å². The maximum Gasteiger partial charge on any atom is 0.265 e. The zero-order valence-electron chi connectivity index (χ0n) is 8.21. The summed E-state index contributed by atoms with van der Waals surface area (Å²) in [7, 11) is -4.10.